The highest BCUT2D eigenvalue weighted by atomic mass is 79.9. The zero-order chi connectivity index (χ0) is 19.2. The van der Waals surface area contributed by atoms with Crippen molar-refractivity contribution in [1.29, 1.82) is 0 Å². The van der Waals surface area contributed by atoms with Gasteiger partial charge in [0.05, 0.1) is 12.9 Å². The number of carbonyl (C=O) groups excluding carboxylic acids is 1. The van der Waals surface area contributed by atoms with Crippen molar-refractivity contribution >= 4 is 39.3 Å². The molecule has 6 nitrogen and oxygen atoms in total. The molecular weight excluding hydrogens is 428 g/mol. The number of amides is 1. The topological polar surface area (TPSA) is 69.0 Å². The van der Waals surface area contributed by atoms with E-state index in [4.69, 9.17) is 4.74 Å². The number of thioether (sulfide) groups is 1. The summed E-state index contributed by atoms with van der Waals surface area (Å²) >= 11 is 4.92. The van der Waals surface area contributed by atoms with Crippen molar-refractivity contribution in [3.8, 4) is 17.1 Å². The van der Waals surface area contributed by atoms with Crippen molar-refractivity contribution < 1.29 is 9.53 Å². The predicted molar refractivity (Wildman–Crippen MR) is 111 cm³/mol. The summed E-state index contributed by atoms with van der Waals surface area (Å²) < 4.78 is 8.08. The Labute approximate surface area is 170 Å². The monoisotopic (exact) mass is 446 g/mol. The zero-order valence-electron chi connectivity index (χ0n) is 15.0. The van der Waals surface area contributed by atoms with Crippen molar-refractivity contribution in [3.63, 3.8) is 0 Å². The van der Waals surface area contributed by atoms with Gasteiger partial charge in [-0.15, -0.1) is 10.2 Å². The van der Waals surface area contributed by atoms with Crippen LogP contribution in [0.3, 0.4) is 0 Å². The maximum Gasteiger partial charge on any atom is 0.234 e. The van der Waals surface area contributed by atoms with Crippen LogP contribution >= 0.6 is 27.7 Å². The van der Waals surface area contributed by atoms with E-state index in [1.165, 1.54) is 11.8 Å². The molecule has 0 atom stereocenters. The van der Waals surface area contributed by atoms with Gasteiger partial charge in [0.2, 0.25) is 5.91 Å². The maximum atomic E-state index is 12.2. The van der Waals surface area contributed by atoms with Gasteiger partial charge in [-0.1, -0.05) is 45.9 Å². The first-order valence-electron chi connectivity index (χ1n) is 8.37. The number of anilines is 1. The highest BCUT2D eigenvalue weighted by Crippen LogP contribution is 2.29. The summed E-state index contributed by atoms with van der Waals surface area (Å²) in [4.78, 5) is 12.2. The van der Waals surface area contributed by atoms with Gasteiger partial charge in [0, 0.05) is 22.3 Å². The van der Waals surface area contributed by atoms with E-state index in [1.54, 1.807) is 31.4 Å². The number of ether oxygens (including phenoxy) is 1. The third-order valence-electron chi connectivity index (χ3n) is 3.85. The van der Waals surface area contributed by atoms with Crippen LogP contribution in [0.25, 0.3) is 11.4 Å². The van der Waals surface area contributed by atoms with E-state index >= 15 is 0 Å². The van der Waals surface area contributed by atoms with Gasteiger partial charge >= 0.3 is 0 Å². The van der Waals surface area contributed by atoms with Crippen LogP contribution in [0.2, 0.25) is 0 Å². The largest absolute Gasteiger partial charge is 0.497 e. The van der Waals surface area contributed by atoms with Crippen LogP contribution in [0.4, 0.5) is 5.69 Å². The summed E-state index contributed by atoms with van der Waals surface area (Å²) in [7, 11) is 1.61. The number of nitrogens with zero attached hydrogens (tertiary/aromatic N) is 3. The Morgan fingerprint density at radius 1 is 1.19 bits per heavy atom. The van der Waals surface area contributed by atoms with Crippen LogP contribution in [0.1, 0.15) is 6.92 Å². The molecule has 27 heavy (non-hydrogen) atoms. The molecule has 0 bridgehead atoms. The number of methoxy groups -OCH3 is 1. The van der Waals surface area contributed by atoms with Gasteiger partial charge in [-0.25, -0.2) is 0 Å². The Hall–Kier alpha value is -2.32. The summed E-state index contributed by atoms with van der Waals surface area (Å²) in [6, 6.07) is 15.1. The average Bonchev–Trinajstić information content (AvgIpc) is 3.10. The van der Waals surface area contributed by atoms with Crippen molar-refractivity contribution in [2.45, 2.75) is 18.6 Å². The first-order valence-corrected chi connectivity index (χ1v) is 10.1. The van der Waals surface area contributed by atoms with Crippen LogP contribution in [0.5, 0.6) is 5.75 Å². The number of rotatable bonds is 7. The minimum Gasteiger partial charge on any atom is -0.497 e. The Bertz CT molecular complexity index is 928. The van der Waals surface area contributed by atoms with Crippen LogP contribution in [0, 0.1) is 0 Å². The molecule has 1 heterocycles. The lowest BCUT2D eigenvalue weighted by Crippen LogP contribution is -2.14. The number of hydrogen-bond donors (Lipinski definition) is 1. The fraction of sp³-hybridized carbons (Fsp3) is 0.211. The molecule has 0 fully saturated rings. The third-order valence-corrected chi connectivity index (χ3v) is 5.51. The number of hydrogen-bond acceptors (Lipinski definition) is 5. The van der Waals surface area contributed by atoms with Gasteiger partial charge in [0.15, 0.2) is 11.0 Å². The molecular formula is C19H19BrN4O2S. The highest BCUT2D eigenvalue weighted by Gasteiger charge is 2.16. The van der Waals surface area contributed by atoms with Crippen molar-refractivity contribution in [2.24, 2.45) is 0 Å². The van der Waals surface area contributed by atoms with Gasteiger partial charge in [-0.3, -0.25) is 4.79 Å². The van der Waals surface area contributed by atoms with Crippen LogP contribution in [0.15, 0.2) is 58.2 Å². The van der Waals surface area contributed by atoms with Gasteiger partial charge in [0.25, 0.3) is 0 Å². The Morgan fingerprint density at radius 3 is 2.59 bits per heavy atom. The molecule has 1 aromatic heterocycles. The molecule has 1 amide bonds. The van der Waals surface area contributed by atoms with E-state index in [0.29, 0.717) is 11.7 Å². The molecule has 0 saturated heterocycles. The lowest BCUT2D eigenvalue weighted by Gasteiger charge is -2.09. The lowest BCUT2D eigenvalue weighted by molar-refractivity contribution is -0.113. The Balaban J connectivity index is 1.67. The molecule has 2 aromatic carbocycles. The van der Waals surface area contributed by atoms with E-state index in [0.717, 1.165) is 27.3 Å². The van der Waals surface area contributed by atoms with Crippen molar-refractivity contribution in [1.82, 2.24) is 14.8 Å². The number of benzene rings is 2. The molecule has 0 aliphatic heterocycles. The number of aromatic nitrogens is 3. The highest BCUT2D eigenvalue weighted by molar-refractivity contribution is 9.10. The first-order chi connectivity index (χ1) is 13.1. The van der Waals surface area contributed by atoms with Crippen LogP contribution < -0.4 is 10.1 Å². The Morgan fingerprint density at radius 2 is 1.93 bits per heavy atom. The van der Waals surface area contributed by atoms with E-state index in [1.807, 2.05) is 35.8 Å². The molecule has 1 N–H and O–H groups in total. The first kappa shape index (κ1) is 19.4. The Kier molecular flexibility index (Phi) is 6.52. The smallest absolute Gasteiger partial charge is 0.234 e. The minimum atomic E-state index is -0.0988. The normalized spacial score (nSPS) is 10.6. The summed E-state index contributed by atoms with van der Waals surface area (Å²) in [5.41, 5.74) is 1.70. The summed E-state index contributed by atoms with van der Waals surface area (Å²) in [6.45, 7) is 2.75. The van der Waals surface area contributed by atoms with Crippen LogP contribution in [-0.4, -0.2) is 33.5 Å². The van der Waals surface area contributed by atoms with Crippen molar-refractivity contribution in [2.75, 3.05) is 18.2 Å². The average molecular weight is 447 g/mol. The lowest BCUT2D eigenvalue weighted by atomic mass is 10.2. The molecule has 140 valence electrons. The summed E-state index contributed by atoms with van der Waals surface area (Å²) in [5, 5.41) is 12.2. The van der Waals surface area contributed by atoms with E-state index in [-0.39, 0.29) is 11.7 Å². The summed E-state index contributed by atoms with van der Waals surface area (Å²) in [6.07, 6.45) is 0. The fourth-order valence-electron chi connectivity index (χ4n) is 2.52. The van der Waals surface area contributed by atoms with E-state index < -0.39 is 0 Å². The molecule has 0 spiro atoms. The molecule has 0 aliphatic carbocycles. The van der Waals surface area contributed by atoms with Gasteiger partial charge in [-0.05, 0) is 37.3 Å². The fourth-order valence-corrected chi connectivity index (χ4v) is 3.79. The predicted octanol–water partition coefficient (Wildman–Crippen LogP) is 4.47. The van der Waals surface area contributed by atoms with Gasteiger partial charge < -0.3 is 14.6 Å². The SMILES string of the molecule is CCn1c(SCC(=O)Nc2ccc(OC)cc2)nnc1-c1ccccc1Br. The number of halogens is 1. The number of carbonyl (C=O) groups is 1. The molecule has 0 radical (unpaired) electrons. The van der Waals surface area contributed by atoms with Gasteiger partial charge in [0.1, 0.15) is 5.75 Å². The second kappa shape index (κ2) is 9.05. The van der Waals surface area contributed by atoms with E-state index in [9.17, 15) is 4.79 Å². The standard InChI is InChI=1S/C19H19BrN4O2S/c1-3-24-18(15-6-4-5-7-16(15)20)22-23-19(24)27-12-17(25)21-13-8-10-14(26-2)11-9-13/h4-11H,3,12H2,1-2H3,(H,21,25). The molecule has 0 aliphatic rings. The van der Waals surface area contributed by atoms with Crippen molar-refractivity contribution in [3.05, 3.63) is 53.0 Å². The van der Waals surface area contributed by atoms with Gasteiger partial charge in [-0.2, -0.15) is 0 Å². The molecule has 0 unspecified atom stereocenters. The minimum absolute atomic E-state index is 0.0988. The molecule has 8 heteroatoms. The quantitative estimate of drug-likeness (QED) is 0.542. The molecule has 3 aromatic rings. The molecule has 3 rings (SSSR count). The molecule has 0 saturated carbocycles. The summed E-state index contributed by atoms with van der Waals surface area (Å²) in [5.74, 6) is 1.68. The third kappa shape index (κ3) is 4.70. The second-order valence-corrected chi connectivity index (χ2v) is 7.39. The van der Waals surface area contributed by atoms with Crippen LogP contribution in [-0.2, 0) is 11.3 Å². The van der Waals surface area contributed by atoms with E-state index in [2.05, 4.69) is 31.4 Å². The number of nitrogens with one attached hydrogen (secondary N) is 1. The maximum absolute atomic E-state index is 12.2. The zero-order valence-corrected chi connectivity index (χ0v) is 17.4. The second-order valence-electron chi connectivity index (χ2n) is 5.60.